The highest BCUT2D eigenvalue weighted by molar-refractivity contribution is 9.10. The maximum Gasteiger partial charge on any atom is 0.311 e. The van der Waals surface area contributed by atoms with E-state index >= 15 is 0 Å². The number of benzene rings is 1. The van der Waals surface area contributed by atoms with E-state index in [0.717, 1.165) is 15.7 Å². The lowest BCUT2D eigenvalue weighted by molar-refractivity contribution is -0.145. The minimum atomic E-state index is -0.465. The normalized spacial score (nSPS) is 17.4. The first kappa shape index (κ1) is 15.6. The Labute approximate surface area is 141 Å². The van der Waals surface area contributed by atoms with Crippen LogP contribution in [0.15, 0.2) is 41.0 Å². The van der Waals surface area contributed by atoms with Gasteiger partial charge in [0.15, 0.2) is 0 Å². The second kappa shape index (κ2) is 6.45. The minimum Gasteiger partial charge on any atom is -0.469 e. The highest BCUT2D eigenvalue weighted by Gasteiger charge is 2.37. The first-order valence-corrected chi connectivity index (χ1v) is 7.85. The SMILES string of the molecule is COC(=O)C1CC(=O)N(c2nccc(-c3ccc(Br)cc3)n2)C1. The van der Waals surface area contributed by atoms with Gasteiger partial charge in [-0.1, -0.05) is 28.1 Å². The summed E-state index contributed by atoms with van der Waals surface area (Å²) in [6.07, 6.45) is 1.73. The van der Waals surface area contributed by atoms with Crippen molar-refractivity contribution in [2.75, 3.05) is 18.6 Å². The number of amides is 1. The Kier molecular flexibility index (Phi) is 4.38. The van der Waals surface area contributed by atoms with Crippen LogP contribution in [0, 0.1) is 5.92 Å². The van der Waals surface area contributed by atoms with E-state index in [1.807, 2.05) is 24.3 Å². The summed E-state index contributed by atoms with van der Waals surface area (Å²) in [5.74, 6) is -0.715. The molecule has 7 heteroatoms. The molecule has 0 bridgehead atoms. The fraction of sp³-hybridized carbons (Fsp3) is 0.250. The van der Waals surface area contributed by atoms with Crippen molar-refractivity contribution in [3.63, 3.8) is 0 Å². The zero-order valence-corrected chi connectivity index (χ0v) is 14.0. The van der Waals surface area contributed by atoms with Crippen molar-refractivity contribution < 1.29 is 14.3 Å². The van der Waals surface area contributed by atoms with E-state index in [4.69, 9.17) is 4.74 Å². The van der Waals surface area contributed by atoms with Crippen LogP contribution in [0.1, 0.15) is 6.42 Å². The van der Waals surface area contributed by atoms with E-state index < -0.39 is 5.92 Å². The van der Waals surface area contributed by atoms with E-state index in [-0.39, 0.29) is 24.8 Å². The second-order valence-corrected chi connectivity index (χ2v) is 6.09. The number of anilines is 1. The summed E-state index contributed by atoms with van der Waals surface area (Å²) in [5.41, 5.74) is 1.64. The Morgan fingerprint density at radius 3 is 2.74 bits per heavy atom. The molecular formula is C16H14BrN3O3. The van der Waals surface area contributed by atoms with Crippen LogP contribution in [-0.2, 0) is 14.3 Å². The third-order valence-corrected chi connectivity index (χ3v) is 4.21. The number of hydrogen-bond acceptors (Lipinski definition) is 5. The van der Waals surface area contributed by atoms with E-state index in [1.165, 1.54) is 12.0 Å². The van der Waals surface area contributed by atoms with Crippen LogP contribution in [0.4, 0.5) is 5.95 Å². The molecule has 1 aromatic carbocycles. The Morgan fingerprint density at radius 2 is 2.04 bits per heavy atom. The Balaban J connectivity index is 1.87. The van der Waals surface area contributed by atoms with Gasteiger partial charge >= 0.3 is 5.97 Å². The smallest absolute Gasteiger partial charge is 0.311 e. The zero-order valence-electron chi connectivity index (χ0n) is 12.4. The summed E-state index contributed by atoms with van der Waals surface area (Å²) < 4.78 is 5.69. The Bertz CT molecular complexity index is 748. The van der Waals surface area contributed by atoms with Crippen LogP contribution in [0.5, 0.6) is 0 Å². The molecule has 1 fully saturated rings. The third kappa shape index (κ3) is 3.24. The maximum atomic E-state index is 12.1. The molecule has 23 heavy (non-hydrogen) atoms. The van der Waals surface area contributed by atoms with Crippen LogP contribution < -0.4 is 4.90 Å². The summed E-state index contributed by atoms with van der Waals surface area (Å²) in [5, 5.41) is 0. The van der Waals surface area contributed by atoms with E-state index in [1.54, 1.807) is 12.3 Å². The molecule has 0 N–H and O–H groups in total. The van der Waals surface area contributed by atoms with Gasteiger partial charge in [0.1, 0.15) is 0 Å². The molecule has 118 valence electrons. The van der Waals surface area contributed by atoms with Gasteiger partial charge in [-0.15, -0.1) is 0 Å². The number of nitrogens with zero attached hydrogens (tertiary/aromatic N) is 3. The highest BCUT2D eigenvalue weighted by Crippen LogP contribution is 2.25. The predicted octanol–water partition coefficient (Wildman–Crippen LogP) is 2.43. The van der Waals surface area contributed by atoms with Gasteiger partial charge in [0.25, 0.3) is 0 Å². The van der Waals surface area contributed by atoms with Crippen LogP contribution >= 0.6 is 15.9 Å². The number of aromatic nitrogens is 2. The molecular weight excluding hydrogens is 362 g/mol. The van der Waals surface area contributed by atoms with Gasteiger partial charge in [-0.05, 0) is 18.2 Å². The summed E-state index contributed by atoms with van der Waals surface area (Å²) in [7, 11) is 1.32. The molecule has 6 nitrogen and oxygen atoms in total. The number of hydrogen-bond donors (Lipinski definition) is 0. The van der Waals surface area contributed by atoms with Crippen LogP contribution in [0.25, 0.3) is 11.3 Å². The van der Waals surface area contributed by atoms with Gasteiger partial charge < -0.3 is 4.74 Å². The summed E-state index contributed by atoms with van der Waals surface area (Å²) in [6.45, 7) is 0.245. The highest BCUT2D eigenvalue weighted by atomic mass is 79.9. The van der Waals surface area contributed by atoms with Gasteiger partial charge in [-0.25, -0.2) is 9.97 Å². The van der Waals surface area contributed by atoms with Crippen molar-refractivity contribution in [1.82, 2.24) is 9.97 Å². The largest absolute Gasteiger partial charge is 0.469 e. The zero-order chi connectivity index (χ0) is 16.4. The number of carbonyl (C=O) groups is 2. The van der Waals surface area contributed by atoms with Crippen LogP contribution in [0.3, 0.4) is 0 Å². The quantitative estimate of drug-likeness (QED) is 0.770. The lowest BCUT2D eigenvalue weighted by atomic mass is 10.1. The molecule has 2 heterocycles. The number of ether oxygens (including phenoxy) is 1. The molecule has 1 amide bonds. The van der Waals surface area contributed by atoms with E-state index in [2.05, 4.69) is 25.9 Å². The topological polar surface area (TPSA) is 72.4 Å². The summed E-state index contributed by atoms with van der Waals surface area (Å²) in [4.78, 5) is 33.8. The van der Waals surface area contributed by atoms with Crippen LogP contribution in [0.2, 0.25) is 0 Å². The average Bonchev–Trinajstić information content (AvgIpc) is 2.97. The average molecular weight is 376 g/mol. The van der Waals surface area contributed by atoms with Crippen LogP contribution in [-0.4, -0.2) is 35.5 Å². The first-order valence-electron chi connectivity index (χ1n) is 7.05. The number of methoxy groups -OCH3 is 1. The van der Waals surface area contributed by atoms with Gasteiger partial charge in [0.05, 0.1) is 18.7 Å². The van der Waals surface area contributed by atoms with E-state index in [9.17, 15) is 9.59 Å². The Hall–Kier alpha value is -2.28. The minimum absolute atomic E-state index is 0.124. The number of carbonyl (C=O) groups excluding carboxylic acids is 2. The first-order chi connectivity index (χ1) is 11.1. The second-order valence-electron chi connectivity index (χ2n) is 5.18. The van der Waals surface area contributed by atoms with Crippen molar-refractivity contribution in [2.24, 2.45) is 5.92 Å². The summed E-state index contributed by atoms with van der Waals surface area (Å²) >= 11 is 3.39. The molecule has 1 unspecified atom stereocenters. The van der Waals surface area contributed by atoms with Gasteiger partial charge in [0.2, 0.25) is 11.9 Å². The number of halogens is 1. The fourth-order valence-corrected chi connectivity index (χ4v) is 2.75. The molecule has 0 radical (unpaired) electrons. The van der Waals surface area contributed by atoms with Crippen molar-refractivity contribution in [3.8, 4) is 11.3 Å². The lowest BCUT2D eigenvalue weighted by Crippen LogP contribution is -2.28. The molecule has 0 saturated carbocycles. The molecule has 0 aliphatic carbocycles. The standard InChI is InChI=1S/C16H14BrN3O3/c1-23-15(22)11-8-14(21)20(9-11)16-18-7-6-13(19-16)10-2-4-12(17)5-3-10/h2-7,11H,8-9H2,1H3. The molecule has 1 aliphatic rings. The fourth-order valence-electron chi connectivity index (χ4n) is 2.49. The van der Waals surface area contributed by atoms with Crippen molar-refractivity contribution >= 4 is 33.8 Å². The molecule has 2 aromatic rings. The monoisotopic (exact) mass is 375 g/mol. The van der Waals surface area contributed by atoms with Crippen molar-refractivity contribution in [3.05, 3.63) is 41.0 Å². The van der Waals surface area contributed by atoms with Gasteiger partial charge in [0, 0.05) is 29.2 Å². The van der Waals surface area contributed by atoms with Gasteiger partial charge in [-0.2, -0.15) is 0 Å². The number of esters is 1. The Morgan fingerprint density at radius 1 is 1.30 bits per heavy atom. The molecule has 3 rings (SSSR count). The van der Waals surface area contributed by atoms with Crippen molar-refractivity contribution in [1.29, 1.82) is 0 Å². The molecule has 0 spiro atoms. The third-order valence-electron chi connectivity index (χ3n) is 3.68. The molecule has 1 atom stereocenters. The molecule has 1 saturated heterocycles. The molecule has 1 aromatic heterocycles. The lowest BCUT2D eigenvalue weighted by Gasteiger charge is -2.14. The number of rotatable bonds is 3. The van der Waals surface area contributed by atoms with E-state index in [0.29, 0.717) is 5.95 Å². The predicted molar refractivity (Wildman–Crippen MR) is 87.6 cm³/mol. The van der Waals surface area contributed by atoms with Gasteiger partial charge in [-0.3, -0.25) is 14.5 Å². The van der Waals surface area contributed by atoms with Crippen molar-refractivity contribution in [2.45, 2.75) is 6.42 Å². The maximum absolute atomic E-state index is 12.1. The molecule has 1 aliphatic heterocycles. The summed E-state index contributed by atoms with van der Waals surface area (Å²) in [6, 6.07) is 9.49.